The van der Waals surface area contributed by atoms with Crippen molar-refractivity contribution in [2.24, 2.45) is 0 Å². The fourth-order valence-corrected chi connectivity index (χ4v) is 2.59. The van der Waals surface area contributed by atoms with Crippen molar-refractivity contribution in [3.8, 4) is 0 Å². The lowest BCUT2D eigenvalue weighted by atomic mass is 9.92. The van der Waals surface area contributed by atoms with Crippen LogP contribution in [-0.4, -0.2) is 48.8 Å². The minimum atomic E-state index is -0.173. The van der Waals surface area contributed by atoms with Crippen molar-refractivity contribution in [1.82, 2.24) is 10.6 Å². The van der Waals surface area contributed by atoms with E-state index in [9.17, 15) is 4.79 Å². The average molecular weight is 274 g/mol. The molecule has 1 saturated heterocycles. The molecule has 1 aliphatic heterocycles. The molecular formula is C13H26N2O2S. The summed E-state index contributed by atoms with van der Waals surface area (Å²) in [6.45, 7) is 8.90. The highest BCUT2D eigenvalue weighted by Crippen LogP contribution is 2.23. The van der Waals surface area contributed by atoms with Gasteiger partial charge >= 0.3 is 0 Å². The van der Waals surface area contributed by atoms with Crippen LogP contribution in [0.1, 0.15) is 33.6 Å². The molecule has 0 aromatic carbocycles. The Bertz CT molecular complexity index is 271. The first kappa shape index (κ1) is 15.8. The number of carbonyl (C=O) groups excluding carboxylic acids is 1. The third-order valence-electron chi connectivity index (χ3n) is 3.19. The lowest BCUT2D eigenvalue weighted by Crippen LogP contribution is -2.51. The second kappa shape index (κ2) is 6.78. The summed E-state index contributed by atoms with van der Waals surface area (Å²) >= 11 is 1.67. The molecule has 1 rings (SSSR count). The highest BCUT2D eigenvalue weighted by atomic mass is 32.2. The van der Waals surface area contributed by atoms with Crippen molar-refractivity contribution < 1.29 is 9.53 Å². The minimum absolute atomic E-state index is 0.102. The van der Waals surface area contributed by atoms with Crippen molar-refractivity contribution in [3.05, 3.63) is 0 Å². The molecule has 1 heterocycles. The number of carbonyl (C=O) groups is 1. The fraction of sp³-hybridized carbons (Fsp3) is 0.923. The first-order valence-electron chi connectivity index (χ1n) is 6.53. The molecule has 0 radical (unpaired) electrons. The van der Waals surface area contributed by atoms with Crippen molar-refractivity contribution in [2.45, 2.75) is 44.0 Å². The van der Waals surface area contributed by atoms with Gasteiger partial charge in [0.2, 0.25) is 5.91 Å². The van der Waals surface area contributed by atoms with E-state index in [0.717, 1.165) is 25.9 Å². The molecular weight excluding hydrogens is 248 g/mol. The molecule has 5 heteroatoms. The zero-order valence-corrected chi connectivity index (χ0v) is 12.8. The summed E-state index contributed by atoms with van der Waals surface area (Å²) in [7, 11) is 1.74. The molecule has 0 aliphatic carbocycles. The zero-order valence-electron chi connectivity index (χ0n) is 12.0. The maximum Gasteiger partial charge on any atom is 0.230 e. The summed E-state index contributed by atoms with van der Waals surface area (Å²) < 4.78 is 5.74. The number of ether oxygens (including phenoxy) is 1. The molecule has 0 unspecified atom stereocenters. The first-order chi connectivity index (χ1) is 8.37. The Morgan fingerprint density at radius 2 is 2.00 bits per heavy atom. The smallest absolute Gasteiger partial charge is 0.230 e. The fourth-order valence-electron chi connectivity index (χ4n) is 1.93. The van der Waals surface area contributed by atoms with Gasteiger partial charge in [0, 0.05) is 18.4 Å². The number of rotatable bonds is 5. The molecule has 0 spiro atoms. The number of amides is 1. The van der Waals surface area contributed by atoms with E-state index >= 15 is 0 Å². The summed E-state index contributed by atoms with van der Waals surface area (Å²) in [5.41, 5.74) is -0.173. The summed E-state index contributed by atoms with van der Waals surface area (Å²) in [6, 6.07) is 0. The molecule has 2 N–H and O–H groups in total. The molecule has 4 nitrogen and oxygen atoms in total. The lowest BCUT2D eigenvalue weighted by Gasteiger charge is -2.36. The van der Waals surface area contributed by atoms with E-state index in [0.29, 0.717) is 12.3 Å². The Kier molecular flexibility index (Phi) is 5.95. The second-order valence-electron chi connectivity index (χ2n) is 5.81. The van der Waals surface area contributed by atoms with Crippen LogP contribution in [-0.2, 0) is 9.53 Å². The predicted molar refractivity (Wildman–Crippen MR) is 77.1 cm³/mol. The number of nitrogens with one attached hydrogen (secondary N) is 2. The van der Waals surface area contributed by atoms with Crippen LogP contribution in [0.2, 0.25) is 0 Å². The Balaban J connectivity index is 2.32. The molecule has 1 aliphatic rings. The van der Waals surface area contributed by atoms with Gasteiger partial charge in [0.15, 0.2) is 0 Å². The number of hydrogen-bond donors (Lipinski definition) is 2. The molecule has 0 aromatic rings. The monoisotopic (exact) mass is 274 g/mol. The van der Waals surface area contributed by atoms with Crippen molar-refractivity contribution in [1.29, 1.82) is 0 Å². The van der Waals surface area contributed by atoms with Crippen LogP contribution in [0, 0.1) is 0 Å². The van der Waals surface area contributed by atoms with Crippen LogP contribution in [0.5, 0.6) is 0 Å². The molecule has 0 atom stereocenters. The summed E-state index contributed by atoms with van der Waals surface area (Å²) in [5, 5.41) is 6.31. The van der Waals surface area contributed by atoms with Gasteiger partial charge in [-0.1, -0.05) is 20.8 Å². The molecule has 18 heavy (non-hydrogen) atoms. The topological polar surface area (TPSA) is 50.4 Å². The molecule has 0 saturated carbocycles. The van der Waals surface area contributed by atoms with E-state index in [4.69, 9.17) is 4.74 Å². The third kappa shape index (κ3) is 5.59. The van der Waals surface area contributed by atoms with Gasteiger partial charge < -0.3 is 15.4 Å². The van der Waals surface area contributed by atoms with Crippen LogP contribution in [0.15, 0.2) is 0 Å². The van der Waals surface area contributed by atoms with Gasteiger partial charge in [-0.2, -0.15) is 0 Å². The number of thioether (sulfide) groups is 1. The van der Waals surface area contributed by atoms with E-state index in [-0.39, 0.29) is 16.3 Å². The van der Waals surface area contributed by atoms with E-state index in [2.05, 4.69) is 31.4 Å². The van der Waals surface area contributed by atoms with Gasteiger partial charge in [-0.25, -0.2) is 0 Å². The van der Waals surface area contributed by atoms with E-state index in [1.54, 1.807) is 18.9 Å². The van der Waals surface area contributed by atoms with Gasteiger partial charge in [0.05, 0.1) is 11.4 Å². The van der Waals surface area contributed by atoms with Crippen LogP contribution in [0.25, 0.3) is 0 Å². The summed E-state index contributed by atoms with van der Waals surface area (Å²) in [5.74, 6) is 0.617. The van der Waals surface area contributed by atoms with Gasteiger partial charge in [0.25, 0.3) is 0 Å². The SMILES string of the molecule is COC1(CNC(=O)CSC(C)(C)C)CCNCC1. The molecule has 1 amide bonds. The van der Waals surface area contributed by atoms with Gasteiger partial charge in [-0.3, -0.25) is 4.79 Å². The van der Waals surface area contributed by atoms with Gasteiger partial charge in [-0.05, 0) is 25.9 Å². The third-order valence-corrected chi connectivity index (χ3v) is 4.46. The van der Waals surface area contributed by atoms with Crippen LogP contribution < -0.4 is 10.6 Å². The van der Waals surface area contributed by atoms with E-state index in [1.807, 2.05) is 0 Å². The highest BCUT2D eigenvalue weighted by Gasteiger charge is 2.32. The van der Waals surface area contributed by atoms with Gasteiger partial charge in [0.1, 0.15) is 0 Å². The van der Waals surface area contributed by atoms with Crippen molar-refractivity contribution in [2.75, 3.05) is 32.5 Å². The number of methoxy groups -OCH3 is 1. The van der Waals surface area contributed by atoms with Crippen molar-refractivity contribution >= 4 is 17.7 Å². The van der Waals surface area contributed by atoms with Crippen LogP contribution >= 0.6 is 11.8 Å². The van der Waals surface area contributed by atoms with Crippen molar-refractivity contribution in [3.63, 3.8) is 0 Å². The van der Waals surface area contributed by atoms with Crippen LogP contribution in [0.4, 0.5) is 0 Å². The number of hydrogen-bond acceptors (Lipinski definition) is 4. The molecule has 0 aromatic heterocycles. The number of piperidine rings is 1. The minimum Gasteiger partial charge on any atom is -0.376 e. The molecule has 106 valence electrons. The molecule has 0 bridgehead atoms. The Labute approximate surface area is 115 Å². The summed E-state index contributed by atoms with van der Waals surface area (Å²) in [4.78, 5) is 11.8. The Hall–Kier alpha value is -0.260. The average Bonchev–Trinajstić information content (AvgIpc) is 2.34. The van der Waals surface area contributed by atoms with E-state index in [1.165, 1.54) is 0 Å². The lowest BCUT2D eigenvalue weighted by molar-refractivity contribution is -0.120. The standard InChI is InChI=1S/C13H26N2O2S/c1-12(2,3)18-9-11(16)15-10-13(17-4)5-7-14-8-6-13/h14H,5-10H2,1-4H3,(H,15,16). The highest BCUT2D eigenvalue weighted by molar-refractivity contribution is 8.01. The van der Waals surface area contributed by atoms with Crippen LogP contribution in [0.3, 0.4) is 0 Å². The van der Waals surface area contributed by atoms with Gasteiger partial charge in [-0.15, -0.1) is 11.8 Å². The first-order valence-corrected chi connectivity index (χ1v) is 7.52. The quantitative estimate of drug-likeness (QED) is 0.796. The maximum absolute atomic E-state index is 11.8. The zero-order chi connectivity index (χ0) is 13.6. The largest absolute Gasteiger partial charge is 0.376 e. The maximum atomic E-state index is 11.8. The molecule has 1 fully saturated rings. The van der Waals surface area contributed by atoms with E-state index < -0.39 is 0 Å². The predicted octanol–water partition coefficient (Wildman–Crippen LogP) is 1.40. The second-order valence-corrected chi connectivity index (χ2v) is 7.62. The Morgan fingerprint density at radius 1 is 1.39 bits per heavy atom. The Morgan fingerprint density at radius 3 is 2.50 bits per heavy atom. The normalized spacial score (nSPS) is 19.6. The summed E-state index contributed by atoms with van der Waals surface area (Å²) in [6.07, 6.45) is 1.91.